The number of hydrogen-bond donors (Lipinski definition) is 1. The van der Waals surface area contributed by atoms with Crippen molar-refractivity contribution in [3.05, 3.63) is 83.7 Å². The van der Waals surface area contributed by atoms with Gasteiger partial charge in [0, 0.05) is 38.6 Å². The third-order valence-corrected chi connectivity index (χ3v) is 8.67. The number of sulfonamides is 1. The summed E-state index contributed by atoms with van der Waals surface area (Å²) in [5.74, 6) is -0.641. The van der Waals surface area contributed by atoms with Crippen LogP contribution in [0.2, 0.25) is 0 Å². The van der Waals surface area contributed by atoms with Crippen molar-refractivity contribution < 1.29 is 31.2 Å². The molecule has 1 atom stereocenters. The second-order valence-corrected chi connectivity index (χ2v) is 11.7. The number of amides is 2. The van der Waals surface area contributed by atoms with Gasteiger partial charge in [-0.05, 0) is 47.4 Å². The molecule has 214 valence electrons. The van der Waals surface area contributed by atoms with Gasteiger partial charge < -0.3 is 10.2 Å². The smallest absolute Gasteiger partial charge is 0.351 e. The molecule has 13 heteroatoms. The molecule has 0 aliphatic carbocycles. The molecule has 0 radical (unpaired) electrons. The lowest BCUT2D eigenvalue weighted by atomic mass is 10.0. The van der Waals surface area contributed by atoms with Crippen LogP contribution in [0.25, 0.3) is 0 Å². The van der Waals surface area contributed by atoms with E-state index in [9.17, 15) is 31.2 Å². The fraction of sp³-hybridized carbons (Fsp3) is 0.370. The highest BCUT2D eigenvalue weighted by Crippen LogP contribution is 2.31. The SMILES string of the molecule is CC(C)c1ccc(CNC(=O)[C@H]2CN(C(=O)Cn3cccn3)CCN2S(=O)(=O)c2ccc(C(F)(F)F)cc2)cc1. The molecule has 0 spiro atoms. The summed E-state index contributed by atoms with van der Waals surface area (Å²) in [6, 6.07) is 11.1. The fourth-order valence-electron chi connectivity index (χ4n) is 4.41. The predicted molar refractivity (Wildman–Crippen MR) is 140 cm³/mol. The maximum atomic E-state index is 13.5. The third-order valence-electron chi connectivity index (χ3n) is 6.74. The van der Waals surface area contributed by atoms with E-state index in [1.807, 2.05) is 24.3 Å². The van der Waals surface area contributed by atoms with Gasteiger partial charge in [-0.1, -0.05) is 38.1 Å². The molecule has 1 saturated heterocycles. The van der Waals surface area contributed by atoms with Crippen molar-refractivity contribution in [2.24, 2.45) is 0 Å². The van der Waals surface area contributed by atoms with Gasteiger partial charge in [0.1, 0.15) is 12.6 Å². The van der Waals surface area contributed by atoms with Crippen LogP contribution in [0.15, 0.2) is 71.9 Å². The summed E-state index contributed by atoms with van der Waals surface area (Å²) < 4.78 is 68.5. The zero-order chi connectivity index (χ0) is 29.1. The Morgan fingerprint density at radius 2 is 1.73 bits per heavy atom. The molecule has 4 rings (SSSR count). The molecule has 0 unspecified atom stereocenters. The van der Waals surface area contributed by atoms with Crippen LogP contribution in [0.1, 0.15) is 36.5 Å². The van der Waals surface area contributed by atoms with Crippen LogP contribution in [0.4, 0.5) is 13.2 Å². The Bertz CT molecular complexity index is 1420. The van der Waals surface area contributed by atoms with Crippen LogP contribution >= 0.6 is 0 Å². The summed E-state index contributed by atoms with van der Waals surface area (Å²) in [5, 5.41) is 6.76. The minimum atomic E-state index is -4.63. The number of aromatic nitrogens is 2. The minimum absolute atomic E-state index is 0.000408. The molecule has 0 bridgehead atoms. The van der Waals surface area contributed by atoms with Gasteiger partial charge in [-0.3, -0.25) is 14.3 Å². The Balaban J connectivity index is 1.56. The summed E-state index contributed by atoms with van der Waals surface area (Å²) in [7, 11) is -4.37. The molecule has 1 aromatic heterocycles. The summed E-state index contributed by atoms with van der Waals surface area (Å²) in [4.78, 5) is 27.3. The highest BCUT2D eigenvalue weighted by molar-refractivity contribution is 7.89. The van der Waals surface area contributed by atoms with E-state index in [1.165, 1.54) is 15.8 Å². The summed E-state index contributed by atoms with van der Waals surface area (Å²) in [6.45, 7) is 3.72. The first-order valence-corrected chi connectivity index (χ1v) is 14.1. The maximum absolute atomic E-state index is 13.5. The van der Waals surface area contributed by atoms with E-state index in [2.05, 4.69) is 24.3 Å². The average Bonchev–Trinajstić information content (AvgIpc) is 3.44. The number of benzene rings is 2. The molecular formula is C27H30F3N5O4S. The van der Waals surface area contributed by atoms with Crippen LogP contribution in [-0.2, 0) is 38.9 Å². The minimum Gasteiger partial charge on any atom is -0.351 e. The van der Waals surface area contributed by atoms with Gasteiger partial charge >= 0.3 is 6.18 Å². The molecule has 1 N–H and O–H groups in total. The van der Waals surface area contributed by atoms with Crippen LogP contribution in [0, 0.1) is 0 Å². The van der Waals surface area contributed by atoms with E-state index in [4.69, 9.17) is 0 Å². The van der Waals surface area contributed by atoms with Crippen molar-refractivity contribution in [2.75, 3.05) is 19.6 Å². The molecule has 0 saturated carbocycles. The molecule has 2 heterocycles. The van der Waals surface area contributed by atoms with Gasteiger partial charge in [-0.2, -0.15) is 22.6 Å². The van der Waals surface area contributed by atoms with Crippen molar-refractivity contribution in [1.82, 2.24) is 24.3 Å². The Labute approximate surface area is 230 Å². The van der Waals surface area contributed by atoms with Crippen molar-refractivity contribution in [2.45, 2.75) is 50.0 Å². The lowest BCUT2D eigenvalue weighted by Gasteiger charge is -2.39. The topological polar surface area (TPSA) is 105 Å². The normalized spacial score (nSPS) is 16.8. The Kier molecular flexibility index (Phi) is 8.64. The number of piperazine rings is 1. The Morgan fingerprint density at radius 1 is 1.05 bits per heavy atom. The van der Waals surface area contributed by atoms with Gasteiger partial charge in [0.15, 0.2) is 0 Å². The first-order chi connectivity index (χ1) is 18.9. The zero-order valence-corrected chi connectivity index (χ0v) is 22.8. The maximum Gasteiger partial charge on any atom is 0.416 e. The summed E-state index contributed by atoms with van der Waals surface area (Å²) >= 11 is 0. The first-order valence-electron chi connectivity index (χ1n) is 12.7. The highest BCUT2D eigenvalue weighted by atomic mass is 32.2. The quantitative estimate of drug-likeness (QED) is 0.443. The molecule has 1 fully saturated rings. The molecule has 40 heavy (non-hydrogen) atoms. The summed E-state index contributed by atoms with van der Waals surface area (Å²) in [5.41, 5.74) is 0.943. The number of rotatable bonds is 8. The lowest BCUT2D eigenvalue weighted by Crippen LogP contribution is -2.61. The van der Waals surface area contributed by atoms with Gasteiger partial charge in [-0.15, -0.1) is 0 Å². The van der Waals surface area contributed by atoms with Crippen molar-refractivity contribution >= 4 is 21.8 Å². The molecule has 2 amide bonds. The number of halogens is 3. The largest absolute Gasteiger partial charge is 0.416 e. The molecule has 3 aromatic rings. The zero-order valence-electron chi connectivity index (χ0n) is 22.0. The molecule has 1 aliphatic heterocycles. The van der Waals surface area contributed by atoms with E-state index in [1.54, 1.807) is 12.3 Å². The summed E-state index contributed by atoms with van der Waals surface area (Å²) in [6.07, 6.45) is -1.50. The number of nitrogens with one attached hydrogen (secondary N) is 1. The molecular weight excluding hydrogens is 547 g/mol. The van der Waals surface area contributed by atoms with E-state index >= 15 is 0 Å². The Hall–Kier alpha value is -3.71. The van der Waals surface area contributed by atoms with Crippen molar-refractivity contribution in [3.63, 3.8) is 0 Å². The standard InChI is InChI=1S/C27H30F3N5O4S/c1-19(2)21-6-4-20(5-7-21)16-31-26(37)24-17-33(25(36)18-34-13-3-12-32-34)14-15-35(24)40(38,39)23-10-8-22(9-11-23)27(28,29)30/h3-13,19,24H,14-18H2,1-2H3,(H,31,37)/t24-/m1/s1. The van der Waals surface area contributed by atoms with Crippen molar-refractivity contribution in [3.8, 4) is 0 Å². The first kappa shape index (κ1) is 29.3. The molecule has 9 nitrogen and oxygen atoms in total. The number of hydrogen-bond acceptors (Lipinski definition) is 5. The van der Waals surface area contributed by atoms with Crippen molar-refractivity contribution in [1.29, 1.82) is 0 Å². The van der Waals surface area contributed by atoms with Gasteiger partial charge in [0.2, 0.25) is 21.8 Å². The highest BCUT2D eigenvalue weighted by Gasteiger charge is 2.41. The number of carbonyl (C=O) groups excluding carboxylic acids is 2. The fourth-order valence-corrected chi connectivity index (χ4v) is 5.98. The second-order valence-electron chi connectivity index (χ2n) is 9.81. The lowest BCUT2D eigenvalue weighted by molar-refractivity contribution is -0.138. The van der Waals surface area contributed by atoms with Crippen LogP contribution in [0.3, 0.4) is 0 Å². The Morgan fingerprint density at radius 3 is 2.30 bits per heavy atom. The van der Waals surface area contributed by atoms with Gasteiger partial charge in [0.05, 0.1) is 10.5 Å². The monoisotopic (exact) mass is 577 g/mol. The van der Waals surface area contributed by atoms with Crippen LogP contribution in [-0.4, -0.2) is 64.9 Å². The van der Waals surface area contributed by atoms with E-state index in [0.717, 1.165) is 27.6 Å². The van der Waals surface area contributed by atoms with Gasteiger partial charge in [0.25, 0.3) is 0 Å². The number of nitrogens with zero attached hydrogens (tertiary/aromatic N) is 4. The van der Waals surface area contributed by atoms with Crippen LogP contribution < -0.4 is 5.32 Å². The molecule has 1 aliphatic rings. The number of alkyl halides is 3. The third kappa shape index (κ3) is 6.70. The average molecular weight is 578 g/mol. The number of carbonyl (C=O) groups is 2. The van der Waals surface area contributed by atoms with Crippen LogP contribution in [0.5, 0.6) is 0 Å². The molecule has 2 aromatic carbocycles. The van der Waals surface area contributed by atoms with E-state index < -0.39 is 33.7 Å². The van der Waals surface area contributed by atoms with Gasteiger partial charge in [-0.25, -0.2) is 8.42 Å². The van der Waals surface area contributed by atoms with E-state index in [-0.39, 0.29) is 43.5 Å². The second kappa shape index (κ2) is 11.8. The van der Waals surface area contributed by atoms with E-state index in [0.29, 0.717) is 18.1 Å². The predicted octanol–water partition coefficient (Wildman–Crippen LogP) is 3.24.